The third kappa shape index (κ3) is 2.13. The van der Waals surface area contributed by atoms with Gasteiger partial charge in [0.25, 0.3) is 0 Å². The minimum Gasteiger partial charge on any atom is -0.356 e. The Labute approximate surface area is 113 Å². The van der Waals surface area contributed by atoms with Crippen LogP contribution in [0.4, 0.5) is 24.5 Å². The van der Waals surface area contributed by atoms with E-state index < -0.39 is 11.8 Å². The second-order valence-corrected chi connectivity index (χ2v) is 4.44. The zero-order chi connectivity index (χ0) is 14.2. The minimum absolute atomic E-state index is 0.0311. The summed E-state index contributed by atoms with van der Waals surface area (Å²) in [6, 6.07) is 15.3. The molecule has 1 aliphatic rings. The smallest absolute Gasteiger partial charge is 0.356 e. The van der Waals surface area contributed by atoms with Gasteiger partial charge in [-0.25, -0.2) is 0 Å². The third-order valence-electron chi connectivity index (χ3n) is 3.05. The molecule has 1 aliphatic heterocycles. The molecule has 0 spiro atoms. The fraction of sp³-hybridized carbons (Fsp3) is 0.143. The summed E-state index contributed by atoms with van der Waals surface area (Å²) < 4.78 is 38.5. The van der Waals surface area contributed by atoms with Crippen LogP contribution in [0.3, 0.4) is 0 Å². The van der Waals surface area contributed by atoms with Crippen molar-refractivity contribution in [2.24, 2.45) is 10.2 Å². The summed E-state index contributed by atoms with van der Waals surface area (Å²) in [6.45, 7) is 0. The lowest BCUT2D eigenvalue weighted by atomic mass is 10.0. The van der Waals surface area contributed by atoms with Gasteiger partial charge >= 0.3 is 11.8 Å². The summed E-state index contributed by atoms with van der Waals surface area (Å²) in [7, 11) is 0. The molecule has 1 heterocycles. The molecule has 2 aromatic rings. The molecule has 0 radical (unpaired) electrons. The number of benzene rings is 2. The van der Waals surface area contributed by atoms with Crippen LogP contribution in [0.1, 0.15) is 5.56 Å². The van der Waals surface area contributed by atoms with E-state index in [0.29, 0.717) is 5.69 Å². The number of hydrogen-bond donors (Lipinski definition) is 1. The Hall–Kier alpha value is -2.37. The Morgan fingerprint density at radius 2 is 1.35 bits per heavy atom. The first-order valence-electron chi connectivity index (χ1n) is 5.95. The molecular formula is C14H10F3N3. The fourth-order valence-corrected chi connectivity index (χ4v) is 1.92. The van der Waals surface area contributed by atoms with Crippen LogP contribution < -0.4 is 5.32 Å². The molecular weight excluding hydrogens is 267 g/mol. The molecule has 102 valence electrons. The van der Waals surface area contributed by atoms with Gasteiger partial charge in [0.1, 0.15) is 0 Å². The third-order valence-corrected chi connectivity index (χ3v) is 3.05. The molecule has 0 unspecified atom stereocenters. The SMILES string of the molecule is FC(F)(F)C1(c2ccc(Nc3ccccc3)cc2)N=N1. The van der Waals surface area contributed by atoms with Gasteiger partial charge in [-0.3, -0.25) is 0 Å². The summed E-state index contributed by atoms with van der Waals surface area (Å²) in [6.07, 6.45) is -4.48. The monoisotopic (exact) mass is 277 g/mol. The first-order valence-corrected chi connectivity index (χ1v) is 5.95. The summed E-state index contributed by atoms with van der Waals surface area (Å²) in [4.78, 5) is 0. The highest BCUT2D eigenvalue weighted by molar-refractivity contribution is 5.60. The predicted molar refractivity (Wildman–Crippen MR) is 68.8 cm³/mol. The highest BCUT2D eigenvalue weighted by atomic mass is 19.4. The second kappa shape index (κ2) is 4.33. The lowest BCUT2D eigenvalue weighted by Crippen LogP contribution is -2.29. The van der Waals surface area contributed by atoms with Crippen LogP contribution in [-0.2, 0) is 5.66 Å². The zero-order valence-electron chi connectivity index (χ0n) is 10.2. The number of nitrogens with one attached hydrogen (secondary N) is 1. The van der Waals surface area contributed by atoms with Gasteiger partial charge in [-0.2, -0.15) is 13.2 Å². The van der Waals surface area contributed by atoms with Crippen molar-refractivity contribution in [2.75, 3.05) is 5.32 Å². The number of rotatable bonds is 3. The number of nitrogens with zero attached hydrogens (tertiary/aromatic N) is 2. The topological polar surface area (TPSA) is 36.8 Å². The molecule has 20 heavy (non-hydrogen) atoms. The van der Waals surface area contributed by atoms with Gasteiger partial charge in [0.2, 0.25) is 0 Å². The number of halogens is 3. The highest BCUT2D eigenvalue weighted by Gasteiger charge is 2.65. The molecule has 0 saturated carbocycles. The summed E-state index contributed by atoms with van der Waals surface area (Å²) in [5, 5.41) is 9.44. The largest absolute Gasteiger partial charge is 0.442 e. The van der Waals surface area contributed by atoms with Crippen LogP contribution in [0.15, 0.2) is 64.8 Å². The molecule has 0 aliphatic carbocycles. The predicted octanol–water partition coefficient (Wildman–Crippen LogP) is 4.61. The Morgan fingerprint density at radius 1 is 0.800 bits per heavy atom. The highest BCUT2D eigenvalue weighted by Crippen LogP contribution is 2.52. The zero-order valence-corrected chi connectivity index (χ0v) is 10.2. The van der Waals surface area contributed by atoms with Crippen molar-refractivity contribution in [3.05, 3.63) is 60.2 Å². The van der Waals surface area contributed by atoms with Gasteiger partial charge in [0, 0.05) is 16.9 Å². The lowest BCUT2D eigenvalue weighted by Gasteiger charge is -2.15. The quantitative estimate of drug-likeness (QED) is 0.873. The second-order valence-electron chi connectivity index (χ2n) is 4.44. The average Bonchev–Trinajstić information content (AvgIpc) is 3.22. The van der Waals surface area contributed by atoms with Crippen molar-refractivity contribution < 1.29 is 13.2 Å². The van der Waals surface area contributed by atoms with E-state index in [9.17, 15) is 13.2 Å². The molecule has 0 fully saturated rings. The van der Waals surface area contributed by atoms with Gasteiger partial charge in [-0.05, 0) is 24.3 Å². The Morgan fingerprint density at radius 3 is 1.85 bits per heavy atom. The Balaban J connectivity index is 1.79. The molecule has 0 bridgehead atoms. The van der Waals surface area contributed by atoms with Crippen LogP contribution in [0, 0.1) is 0 Å². The van der Waals surface area contributed by atoms with Crippen molar-refractivity contribution >= 4 is 11.4 Å². The molecule has 1 N–H and O–H groups in total. The lowest BCUT2D eigenvalue weighted by molar-refractivity contribution is -0.166. The maximum Gasteiger partial charge on any atom is 0.442 e. The molecule has 0 atom stereocenters. The first-order chi connectivity index (χ1) is 9.51. The van der Waals surface area contributed by atoms with E-state index >= 15 is 0 Å². The van der Waals surface area contributed by atoms with Crippen molar-refractivity contribution in [3.8, 4) is 0 Å². The molecule has 0 amide bonds. The van der Waals surface area contributed by atoms with E-state index in [0.717, 1.165) is 5.69 Å². The van der Waals surface area contributed by atoms with Crippen molar-refractivity contribution in [1.29, 1.82) is 0 Å². The minimum atomic E-state index is -4.48. The normalized spacial score (nSPS) is 15.9. The van der Waals surface area contributed by atoms with Crippen LogP contribution in [0.2, 0.25) is 0 Å². The van der Waals surface area contributed by atoms with Crippen LogP contribution in [-0.4, -0.2) is 6.18 Å². The Kier molecular flexibility index (Phi) is 2.74. The summed E-state index contributed by atoms with van der Waals surface area (Å²) >= 11 is 0. The van der Waals surface area contributed by atoms with Crippen molar-refractivity contribution in [2.45, 2.75) is 11.8 Å². The number of anilines is 2. The molecule has 3 nitrogen and oxygen atoms in total. The van der Waals surface area contributed by atoms with E-state index in [-0.39, 0.29) is 5.56 Å². The maximum absolute atomic E-state index is 12.8. The van der Waals surface area contributed by atoms with Crippen molar-refractivity contribution in [1.82, 2.24) is 0 Å². The first kappa shape index (κ1) is 12.7. The van der Waals surface area contributed by atoms with Crippen LogP contribution in [0.25, 0.3) is 0 Å². The molecule has 6 heteroatoms. The van der Waals surface area contributed by atoms with E-state index in [1.807, 2.05) is 30.3 Å². The maximum atomic E-state index is 12.8. The van der Waals surface area contributed by atoms with Gasteiger partial charge in [-0.15, -0.1) is 10.2 Å². The van der Waals surface area contributed by atoms with Gasteiger partial charge < -0.3 is 5.32 Å². The summed E-state index contributed by atoms with van der Waals surface area (Å²) in [5.74, 6) is 0. The van der Waals surface area contributed by atoms with Gasteiger partial charge in [-0.1, -0.05) is 30.3 Å². The average molecular weight is 277 g/mol. The number of hydrogen-bond acceptors (Lipinski definition) is 3. The van der Waals surface area contributed by atoms with Crippen LogP contribution >= 0.6 is 0 Å². The van der Waals surface area contributed by atoms with Crippen molar-refractivity contribution in [3.63, 3.8) is 0 Å². The molecule has 0 saturated heterocycles. The van der Waals surface area contributed by atoms with E-state index in [1.54, 1.807) is 12.1 Å². The fourth-order valence-electron chi connectivity index (χ4n) is 1.92. The van der Waals surface area contributed by atoms with E-state index in [2.05, 4.69) is 15.5 Å². The molecule has 3 rings (SSSR count). The molecule has 0 aromatic heterocycles. The Bertz CT molecular complexity index is 627. The van der Waals surface area contributed by atoms with E-state index in [4.69, 9.17) is 0 Å². The standard InChI is InChI=1S/C14H10F3N3/c15-14(16,17)13(19-20-13)10-6-8-12(9-7-10)18-11-4-2-1-3-5-11/h1-9,18H. The number of para-hydroxylation sites is 1. The van der Waals surface area contributed by atoms with Gasteiger partial charge in [0.05, 0.1) is 0 Å². The van der Waals surface area contributed by atoms with E-state index in [1.165, 1.54) is 12.1 Å². The van der Waals surface area contributed by atoms with Crippen LogP contribution in [0.5, 0.6) is 0 Å². The van der Waals surface area contributed by atoms with Gasteiger partial charge in [0.15, 0.2) is 0 Å². The summed E-state index contributed by atoms with van der Waals surface area (Å²) in [5.41, 5.74) is -0.744. The number of alkyl halides is 3. The molecule has 2 aromatic carbocycles.